The van der Waals surface area contributed by atoms with Gasteiger partial charge in [-0.15, -0.1) is 6.58 Å². The summed E-state index contributed by atoms with van der Waals surface area (Å²) in [4.78, 5) is 0. The molecule has 1 N–H and O–H groups in total. The van der Waals surface area contributed by atoms with Gasteiger partial charge in [-0.2, -0.15) is 0 Å². The van der Waals surface area contributed by atoms with Gasteiger partial charge in [0.25, 0.3) is 0 Å². The standard InChI is InChI=1S/C19H15BrO/c1-2-16(13-6-4-3-5-7-13)19-17-10-9-15(20)12-14(17)8-11-18(19)21/h2-12,16,21H,1H2. The van der Waals surface area contributed by atoms with Gasteiger partial charge in [0.1, 0.15) is 5.75 Å². The summed E-state index contributed by atoms with van der Waals surface area (Å²) in [6, 6.07) is 19.9. The molecule has 0 spiro atoms. The lowest BCUT2D eigenvalue weighted by atomic mass is 9.87. The average Bonchev–Trinajstić information content (AvgIpc) is 2.51. The van der Waals surface area contributed by atoms with Crippen molar-refractivity contribution in [3.63, 3.8) is 0 Å². The monoisotopic (exact) mass is 338 g/mol. The van der Waals surface area contributed by atoms with E-state index in [4.69, 9.17) is 0 Å². The zero-order valence-corrected chi connectivity index (χ0v) is 13.0. The van der Waals surface area contributed by atoms with E-state index in [9.17, 15) is 5.11 Å². The normalized spacial score (nSPS) is 12.2. The molecule has 0 aliphatic heterocycles. The summed E-state index contributed by atoms with van der Waals surface area (Å²) in [5.74, 6) is 0.273. The first-order valence-corrected chi connectivity index (χ1v) is 7.58. The van der Waals surface area contributed by atoms with Gasteiger partial charge < -0.3 is 5.11 Å². The number of benzene rings is 3. The first-order chi connectivity index (χ1) is 10.2. The zero-order chi connectivity index (χ0) is 14.8. The minimum absolute atomic E-state index is 0.0314. The molecule has 1 atom stereocenters. The molecular formula is C19H15BrO. The highest BCUT2D eigenvalue weighted by molar-refractivity contribution is 9.10. The smallest absolute Gasteiger partial charge is 0.120 e. The van der Waals surface area contributed by atoms with Crippen molar-refractivity contribution in [2.75, 3.05) is 0 Å². The number of allylic oxidation sites excluding steroid dienone is 1. The fourth-order valence-corrected chi connectivity index (χ4v) is 3.10. The van der Waals surface area contributed by atoms with Crippen LogP contribution in [0.5, 0.6) is 5.75 Å². The summed E-state index contributed by atoms with van der Waals surface area (Å²) < 4.78 is 1.03. The predicted molar refractivity (Wildman–Crippen MR) is 91.8 cm³/mol. The average molecular weight is 339 g/mol. The van der Waals surface area contributed by atoms with Crippen molar-refractivity contribution in [2.24, 2.45) is 0 Å². The summed E-state index contributed by atoms with van der Waals surface area (Å²) in [7, 11) is 0. The van der Waals surface area contributed by atoms with Gasteiger partial charge in [-0.1, -0.05) is 64.5 Å². The maximum Gasteiger partial charge on any atom is 0.120 e. The van der Waals surface area contributed by atoms with Gasteiger partial charge >= 0.3 is 0 Å². The lowest BCUT2D eigenvalue weighted by molar-refractivity contribution is 0.469. The number of aromatic hydroxyl groups is 1. The molecule has 1 unspecified atom stereocenters. The second-order valence-electron chi connectivity index (χ2n) is 4.99. The van der Waals surface area contributed by atoms with Crippen LogP contribution in [0.3, 0.4) is 0 Å². The van der Waals surface area contributed by atoms with Crippen LogP contribution in [0, 0.1) is 0 Å². The van der Waals surface area contributed by atoms with Gasteiger partial charge in [0.15, 0.2) is 0 Å². The van der Waals surface area contributed by atoms with E-state index in [-0.39, 0.29) is 5.92 Å². The zero-order valence-electron chi connectivity index (χ0n) is 11.5. The molecule has 3 aromatic carbocycles. The van der Waals surface area contributed by atoms with Gasteiger partial charge in [0.05, 0.1) is 0 Å². The Morgan fingerprint density at radius 2 is 1.76 bits per heavy atom. The summed E-state index contributed by atoms with van der Waals surface area (Å²) in [5.41, 5.74) is 2.03. The minimum atomic E-state index is -0.0314. The molecule has 0 bridgehead atoms. The molecule has 0 aliphatic rings. The van der Waals surface area contributed by atoms with Crippen molar-refractivity contribution in [3.05, 3.63) is 88.9 Å². The lowest BCUT2D eigenvalue weighted by Gasteiger charge is -2.18. The van der Waals surface area contributed by atoms with Crippen LogP contribution in [-0.4, -0.2) is 5.11 Å². The first-order valence-electron chi connectivity index (χ1n) is 6.79. The van der Waals surface area contributed by atoms with Crippen molar-refractivity contribution in [1.29, 1.82) is 0 Å². The molecule has 3 aromatic rings. The highest BCUT2D eigenvalue weighted by Crippen LogP contribution is 2.38. The number of hydrogen-bond acceptors (Lipinski definition) is 1. The van der Waals surface area contributed by atoms with Crippen LogP contribution < -0.4 is 0 Å². The third kappa shape index (κ3) is 2.59. The Bertz CT molecular complexity index is 793. The minimum Gasteiger partial charge on any atom is -0.508 e. The Kier molecular flexibility index (Phi) is 3.80. The molecule has 0 aliphatic carbocycles. The van der Waals surface area contributed by atoms with E-state index in [2.05, 4.69) is 40.7 Å². The molecule has 0 heterocycles. The van der Waals surface area contributed by atoms with Crippen molar-refractivity contribution in [1.82, 2.24) is 0 Å². The van der Waals surface area contributed by atoms with E-state index < -0.39 is 0 Å². The Morgan fingerprint density at radius 1 is 1.00 bits per heavy atom. The third-order valence-electron chi connectivity index (χ3n) is 3.71. The van der Waals surface area contributed by atoms with Crippen LogP contribution >= 0.6 is 15.9 Å². The highest BCUT2D eigenvalue weighted by atomic mass is 79.9. The number of phenols is 1. The molecule has 21 heavy (non-hydrogen) atoms. The van der Waals surface area contributed by atoms with Crippen molar-refractivity contribution < 1.29 is 5.11 Å². The molecule has 3 rings (SSSR count). The summed E-state index contributed by atoms with van der Waals surface area (Å²) in [5, 5.41) is 12.5. The highest BCUT2D eigenvalue weighted by Gasteiger charge is 2.17. The topological polar surface area (TPSA) is 20.2 Å². The number of halogens is 1. The molecule has 1 nitrogen and oxygen atoms in total. The SMILES string of the molecule is C=CC(c1ccccc1)c1c(O)ccc2cc(Br)ccc12. The fourth-order valence-electron chi connectivity index (χ4n) is 2.72. The van der Waals surface area contributed by atoms with Crippen LogP contribution in [0.4, 0.5) is 0 Å². The van der Waals surface area contributed by atoms with E-state index in [1.807, 2.05) is 42.5 Å². The van der Waals surface area contributed by atoms with E-state index in [1.165, 1.54) is 0 Å². The van der Waals surface area contributed by atoms with E-state index in [1.54, 1.807) is 6.07 Å². The number of fused-ring (bicyclic) bond motifs is 1. The summed E-state index contributed by atoms with van der Waals surface area (Å²) in [6.45, 7) is 3.96. The lowest BCUT2D eigenvalue weighted by Crippen LogP contribution is -1.99. The van der Waals surface area contributed by atoms with Crippen molar-refractivity contribution >= 4 is 26.7 Å². The Labute approximate surface area is 132 Å². The molecule has 0 amide bonds. The molecule has 0 saturated heterocycles. The molecule has 0 fully saturated rings. The van der Waals surface area contributed by atoms with E-state index in [0.717, 1.165) is 26.4 Å². The fraction of sp³-hybridized carbons (Fsp3) is 0.0526. The second-order valence-corrected chi connectivity index (χ2v) is 5.90. The molecule has 104 valence electrons. The predicted octanol–water partition coefficient (Wildman–Crippen LogP) is 5.63. The number of hydrogen-bond donors (Lipinski definition) is 1. The Morgan fingerprint density at radius 3 is 2.48 bits per heavy atom. The van der Waals surface area contributed by atoms with Crippen molar-refractivity contribution in [2.45, 2.75) is 5.92 Å². The maximum absolute atomic E-state index is 10.4. The number of phenolic OH excluding ortho intramolecular Hbond substituents is 1. The first kappa shape index (κ1) is 13.9. The van der Waals surface area contributed by atoms with Crippen molar-refractivity contribution in [3.8, 4) is 5.75 Å². The van der Waals surface area contributed by atoms with Crippen LogP contribution in [0.2, 0.25) is 0 Å². The summed E-state index contributed by atoms with van der Waals surface area (Å²) >= 11 is 3.49. The van der Waals surface area contributed by atoms with E-state index >= 15 is 0 Å². The largest absolute Gasteiger partial charge is 0.508 e. The summed E-state index contributed by atoms with van der Waals surface area (Å²) in [6.07, 6.45) is 1.88. The van der Waals surface area contributed by atoms with Crippen LogP contribution in [-0.2, 0) is 0 Å². The maximum atomic E-state index is 10.4. The van der Waals surface area contributed by atoms with Crippen LogP contribution in [0.25, 0.3) is 10.8 Å². The molecule has 2 heteroatoms. The van der Waals surface area contributed by atoms with Crippen LogP contribution in [0.15, 0.2) is 77.8 Å². The quantitative estimate of drug-likeness (QED) is 0.614. The molecule has 0 saturated carbocycles. The molecular weight excluding hydrogens is 324 g/mol. The Balaban J connectivity index is 2.27. The van der Waals surface area contributed by atoms with Gasteiger partial charge in [0.2, 0.25) is 0 Å². The van der Waals surface area contributed by atoms with Gasteiger partial charge in [-0.3, -0.25) is 0 Å². The van der Waals surface area contributed by atoms with Gasteiger partial charge in [0, 0.05) is 16.0 Å². The third-order valence-corrected chi connectivity index (χ3v) is 4.20. The van der Waals surface area contributed by atoms with E-state index in [0.29, 0.717) is 5.75 Å². The molecule has 0 aromatic heterocycles. The van der Waals surface area contributed by atoms with Crippen LogP contribution in [0.1, 0.15) is 17.0 Å². The Hall–Kier alpha value is -2.06. The second kappa shape index (κ2) is 5.74. The van der Waals surface area contributed by atoms with Gasteiger partial charge in [-0.05, 0) is 34.5 Å². The number of rotatable bonds is 3. The van der Waals surface area contributed by atoms with Gasteiger partial charge in [-0.25, -0.2) is 0 Å². The molecule has 0 radical (unpaired) electrons.